The average Bonchev–Trinajstić information content (AvgIpc) is 3.71. The van der Waals surface area contributed by atoms with Crippen molar-refractivity contribution in [2.24, 2.45) is 0 Å². The molecule has 0 fully saturated rings. The van der Waals surface area contributed by atoms with Crippen molar-refractivity contribution in [2.75, 3.05) is 9.80 Å². The molecule has 0 aliphatic carbocycles. The van der Waals surface area contributed by atoms with Crippen LogP contribution in [0, 0.1) is 0 Å². The van der Waals surface area contributed by atoms with Gasteiger partial charge in [-0.25, -0.2) is 0 Å². The van der Waals surface area contributed by atoms with Gasteiger partial charge in [0.15, 0.2) is 8.07 Å². The normalized spacial score (nSPS) is 11.4. The molecule has 11 rings (SSSR count). The zero-order chi connectivity index (χ0) is 42.7. The van der Waals surface area contributed by atoms with Crippen molar-refractivity contribution in [1.82, 2.24) is 4.57 Å². The lowest BCUT2D eigenvalue weighted by molar-refractivity contribution is 1.18. The van der Waals surface area contributed by atoms with Crippen LogP contribution in [0.3, 0.4) is 0 Å². The number of hydrogen-bond donors (Lipinski definition) is 0. The number of rotatable bonds is 11. The molecule has 3 nitrogen and oxygen atoms in total. The van der Waals surface area contributed by atoms with Gasteiger partial charge in [-0.15, -0.1) is 0 Å². The molecule has 0 unspecified atom stereocenters. The Kier molecular flexibility index (Phi) is 10.2. The highest BCUT2D eigenvalue weighted by Gasteiger charge is 2.44. The van der Waals surface area contributed by atoms with E-state index in [1.807, 2.05) is 0 Å². The summed E-state index contributed by atoms with van der Waals surface area (Å²) in [6.45, 7) is 0. The van der Waals surface area contributed by atoms with Crippen LogP contribution in [-0.2, 0) is 0 Å². The standard InChI is InChI=1S/C60H45N3Si/c1-7-24-46(25-8-1)61(51-42-43-58-56(45-51)55-38-19-20-39-57(55)63(58)49-30-13-4-14-31-49)50-32-23-37-54(44-50)64(52-33-15-5-16-34-52,53-35-17-6-18-36-53)60-41-22-21-40-59(60)62(47-26-9-2-10-27-47)48-28-11-3-12-29-48/h1-45H. The third kappa shape index (κ3) is 6.78. The monoisotopic (exact) mass is 835 g/mol. The number of aromatic nitrogens is 1. The summed E-state index contributed by atoms with van der Waals surface area (Å²) in [4.78, 5) is 4.86. The third-order valence-electron chi connectivity index (χ3n) is 12.5. The summed E-state index contributed by atoms with van der Waals surface area (Å²) in [5, 5.41) is 7.66. The third-order valence-corrected chi connectivity index (χ3v) is 17.3. The lowest BCUT2D eigenvalue weighted by atomic mass is 10.1. The fourth-order valence-electron chi connectivity index (χ4n) is 9.77. The molecule has 304 valence electrons. The van der Waals surface area contributed by atoms with Crippen molar-refractivity contribution in [2.45, 2.75) is 0 Å². The number of anilines is 6. The Morgan fingerprint density at radius 3 is 1.33 bits per heavy atom. The maximum Gasteiger partial charge on any atom is 0.181 e. The molecule has 0 saturated heterocycles. The van der Waals surface area contributed by atoms with Crippen LogP contribution in [0.4, 0.5) is 34.1 Å². The average molecular weight is 836 g/mol. The summed E-state index contributed by atoms with van der Waals surface area (Å²) in [6.07, 6.45) is 0. The first-order valence-electron chi connectivity index (χ1n) is 21.9. The Bertz CT molecular complexity index is 3240. The second-order valence-electron chi connectivity index (χ2n) is 16.1. The van der Waals surface area contributed by atoms with Crippen molar-refractivity contribution in [3.8, 4) is 5.69 Å². The van der Waals surface area contributed by atoms with Gasteiger partial charge in [-0.1, -0.05) is 182 Å². The number of fused-ring (bicyclic) bond motifs is 3. The molecule has 4 heteroatoms. The van der Waals surface area contributed by atoms with Gasteiger partial charge >= 0.3 is 0 Å². The van der Waals surface area contributed by atoms with E-state index in [9.17, 15) is 0 Å². The lowest BCUT2D eigenvalue weighted by Gasteiger charge is -2.39. The molecule has 1 heterocycles. The van der Waals surface area contributed by atoms with Gasteiger partial charge in [-0.05, 0) is 112 Å². The van der Waals surface area contributed by atoms with E-state index in [0.29, 0.717) is 0 Å². The van der Waals surface area contributed by atoms with Crippen LogP contribution in [0.2, 0.25) is 0 Å². The van der Waals surface area contributed by atoms with Crippen LogP contribution in [0.1, 0.15) is 0 Å². The summed E-state index contributed by atoms with van der Waals surface area (Å²) in [6, 6.07) is 99.8. The van der Waals surface area contributed by atoms with E-state index in [0.717, 1.165) is 39.8 Å². The molecule has 1 aromatic heterocycles. The molecule has 0 aliphatic heterocycles. The van der Waals surface area contributed by atoms with E-state index >= 15 is 0 Å². The van der Waals surface area contributed by atoms with Crippen LogP contribution in [0.15, 0.2) is 273 Å². The summed E-state index contributed by atoms with van der Waals surface area (Å²) >= 11 is 0. The van der Waals surface area contributed by atoms with Crippen molar-refractivity contribution in [3.63, 3.8) is 0 Å². The summed E-state index contributed by atoms with van der Waals surface area (Å²) in [5.41, 5.74) is 10.2. The highest BCUT2D eigenvalue weighted by Crippen LogP contribution is 2.40. The SMILES string of the molecule is c1ccc(N(c2cccc([Si](c3ccccc3)(c3ccccc3)c3ccccc3N(c3ccccc3)c3ccccc3)c2)c2ccc3c(c2)c2ccccc2n3-c2ccccc2)cc1. The van der Waals surface area contributed by atoms with Gasteiger partial charge in [0.2, 0.25) is 0 Å². The Labute approximate surface area is 376 Å². The van der Waals surface area contributed by atoms with Crippen LogP contribution >= 0.6 is 0 Å². The molecular weight excluding hydrogens is 791 g/mol. The Balaban J connectivity index is 1.18. The van der Waals surface area contributed by atoms with Crippen molar-refractivity contribution in [1.29, 1.82) is 0 Å². The quantitative estimate of drug-likeness (QED) is 0.0950. The van der Waals surface area contributed by atoms with Crippen molar-refractivity contribution in [3.05, 3.63) is 273 Å². The number of para-hydroxylation sites is 6. The zero-order valence-electron chi connectivity index (χ0n) is 35.3. The van der Waals surface area contributed by atoms with Gasteiger partial charge in [0.1, 0.15) is 0 Å². The van der Waals surface area contributed by atoms with Gasteiger partial charge in [-0.2, -0.15) is 0 Å². The van der Waals surface area contributed by atoms with Gasteiger partial charge in [0, 0.05) is 50.6 Å². The molecule has 10 aromatic carbocycles. The van der Waals surface area contributed by atoms with Crippen LogP contribution in [0.25, 0.3) is 27.5 Å². The van der Waals surface area contributed by atoms with Crippen LogP contribution in [0.5, 0.6) is 0 Å². The summed E-state index contributed by atoms with van der Waals surface area (Å²) < 4.78 is 2.38. The van der Waals surface area contributed by atoms with E-state index < -0.39 is 8.07 Å². The van der Waals surface area contributed by atoms with Gasteiger partial charge in [-0.3, -0.25) is 0 Å². The Morgan fingerprint density at radius 1 is 0.281 bits per heavy atom. The first-order chi connectivity index (χ1) is 31.8. The topological polar surface area (TPSA) is 11.4 Å². The Morgan fingerprint density at radius 2 is 0.719 bits per heavy atom. The van der Waals surface area contributed by atoms with Crippen LogP contribution in [-0.4, -0.2) is 12.6 Å². The number of hydrogen-bond acceptors (Lipinski definition) is 2. The number of benzene rings is 10. The largest absolute Gasteiger partial charge is 0.311 e. The summed E-state index contributed by atoms with van der Waals surface area (Å²) in [7, 11) is -3.14. The highest BCUT2D eigenvalue weighted by atomic mass is 28.3. The fourth-order valence-corrected chi connectivity index (χ4v) is 14.7. The molecule has 0 radical (unpaired) electrons. The van der Waals surface area contributed by atoms with Crippen molar-refractivity contribution < 1.29 is 0 Å². The van der Waals surface area contributed by atoms with E-state index in [1.54, 1.807) is 0 Å². The second kappa shape index (κ2) is 16.9. The van der Waals surface area contributed by atoms with Crippen molar-refractivity contribution >= 4 is 84.8 Å². The van der Waals surface area contributed by atoms with Crippen LogP contribution < -0.4 is 30.5 Å². The van der Waals surface area contributed by atoms with E-state index in [-0.39, 0.29) is 0 Å². The number of nitrogens with zero attached hydrogens (tertiary/aromatic N) is 3. The maximum absolute atomic E-state index is 3.14. The first-order valence-corrected chi connectivity index (χ1v) is 23.9. The zero-order valence-corrected chi connectivity index (χ0v) is 36.3. The minimum Gasteiger partial charge on any atom is -0.311 e. The Hall–Kier alpha value is -8.18. The minimum absolute atomic E-state index is 1.09. The molecule has 64 heavy (non-hydrogen) atoms. The molecular formula is C60H45N3Si. The predicted molar refractivity (Wildman–Crippen MR) is 274 cm³/mol. The molecule has 0 spiro atoms. The highest BCUT2D eigenvalue weighted by molar-refractivity contribution is 7.20. The lowest BCUT2D eigenvalue weighted by Crippen LogP contribution is -2.75. The minimum atomic E-state index is -3.14. The molecule has 0 aliphatic rings. The fraction of sp³-hybridized carbons (Fsp3) is 0. The molecule has 0 N–H and O–H groups in total. The molecule has 0 atom stereocenters. The van der Waals surface area contributed by atoms with E-state index in [1.165, 1.54) is 42.6 Å². The van der Waals surface area contributed by atoms with E-state index in [4.69, 9.17) is 0 Å². The van der Waals surface area contributed by atoms with E-state index in [2.05, 4.69) is 287 Å². The molecule has 0 bridgehead atoms. The second-order valence-corrected chi connectivity index (χ2v) is 19.9. The van der Waals surface area contributed by atoms with Gasteiger partial charge in [0.25, 0.3) is 0 Å². The molecule has 0 amide bonds. The summed E-state index contributed by atoms with van der Waals surface area (Å²) in [5.74, 6) is 0. The molecule has 11 aromatic rings. The smallest absolute Gasteiger partial charge is 0.181 e. The van der Waals surface area contributed by atoms with Gasteiger partial charge in [0.05, 0.1) is 11.0 Å². The predicted octanol–water partition coefficient (Wildman–Crippen LogP) is 13.1. The first kappa shape index (κ1) is 38.7. The van der Waals surface area contributed by atoms with Gasteiger partial charge < -0.3 is 14.4 Å². The maximum atomic E-state index is 2.48. The molecule has 0 saturated carbocycles.